The molecular weight excluding hydrogens is 356 g/mol. The van der Waals surface area contributed by atoms with Crippen molar-refractivity contribution in [1.29, 1.82) is 0 Å². The number of methoxy groups -OCH3 is 1. The predicted octanol–water partition coefficient (Wildman–Crippen LogP) is 3.89. The Labute approximate surface area is 157 Å². The van der Waals surface area contributed by atoms with Crippen molar-refractivity contribution in [2.24, 2.45) is 0 Å². The van der Waals surface area contributed by atoms with Crippen LogP contribution in [0.5, 0.6) is 11.5 Å². The van der Waals surface area contributed by atoms with E-state index < -0.39 is 5.97 Å². The number of ether oxygens (including phenoxy) is 3. The summed E-state index contributed by atoms with van der Waals surface area (Å²) in [5, 5.41) is 9.37. The molecule has 0 radical (unpaired) electrons. The molecule has 0 heterocycles. The monoisotopic (exact) mass is 376 g/mol. The topological polar surface area (TPSA) is 65.0 Å². The second-order valence-corrected chi connectivity index (χ2v) is 6.68. The zero-order chi connectivity index (χ0) is 18.5. The molecule has 2 aromatic rings. The molecule has 1 unspecified atom stereocenters. The number of benzene rings is 2. The standard InChI is InChI=1S/C20H21ClO5/c1-24-19-7-4-16(21)8-15(19)11-25-17-5-2-14-10-18(26-12-20(22)23)6-3-13(14)9-17/h2,4-5,7-9,18H,3,6,10-12H2,1H3,(H,22,23). The van der Waals surface area contributed by atoms with E-state index in [0.717, 1.165) is 36.3 Å². The highest BCUT2D eigenvalue weighted by molar-refractivity contribution is 6.30. The van der Waals surface area contributed by atoms with Gasteiger partial charge < -0.3 is 19.3 Å². The molecule has 0 aliphatic heterocycles. The largest absolute Gasteiger partial charge is 0.496 e. The van der Waals surface area contributed by atoms with Gasteiger partial charge >= 0.3 is 5.97 Å². The van der Waals surface area contributed by atoms with Crippen LogP contribution in [0.15, 0.2) is 36.4 Å². The van der Waals surface area contributed by atoms with Gasteiger partial charge in [-0.05, 0) is 60.7 Å². The van der Waals surface area contributed by atoms with Crippen LogP contribution >= 0.6 is 11.6 Å². The van der Waals surface area contributed by atoms with Gasteiger partial charge in [0.1, 0.15) is 24.7 Å². The highest BCUT2D eigenvalue weighted by atomic mass is 35.5. The van der Waals surface area contributed by atoms with E-state index in [1.807, 2.05) is 30.3 Å². The Balaban J connectivity index is 1.63. The zero-order valence-electron chi connectivity index (χ0n) is 14.5. The van der Waals surface area contributed by atoms with Crippen molar-refractivity contribution in [1.82, 2.24) is 0 Å². The number of aliphatic carboxylic acids is 1. The van der Waals surface area contributed by atoms with Gasteiger partial charge in [-0.15, -0.1) is 0 Å². The summed E-state index contributed by atoms with van der Waals surface area (Å²) in [6.45, 7) is 0.121. The first-order valence-electron chi connectivity index (χ1n) is 8.45. The van der Waals surface area contributed by atoms with Gasteiger partial charge in [-0.1, -0.05) is 17.7 Å². The molecule has 0 aromatic heterocycles. The fourth-order valence-corrected chi connectivity index (χ4v) is 3.33. The minimum Gasteiger partial charge on any atom is -0.496 e. The Hall–Kier alpha value is -2.24. The van der Waals surface area contributed by atoms with Crippen LogP contribution in [0.25, 0.3) is 0 Å². The number of halogens is 1. The van der Waals surface area contributed by atoms with Crippen LogP contribution in [0.2, 0.25) is 5.02 Å². The van der Waals surface area contributed by atoms with E-state index in [9.17, 15) is 4.79 Å². The molecule has 0 bridgehead atoms. The van der Waals surface area contributed by atoms with Gasteiger partial charge in [0, 0.05) is 10.6 Å². The van der Waals surface area contributed by atoms with Crippen molar-refractivity contribution in [3.8, 4) is 11.5 Å². The minimum absolute atomic E-state index is 0.0407. The van der Waals surface area contributed by atoms with Gasteiger partial charge in [0.2, 0.25) is 0 Å². The third-order valence-corrected chi connectivity index (χ3v) is 4.68. The first kappa shape index (κ1) is 18.5. The highest BCUT2D eigenvalue weighted by Crippen LogP contribution is 2.29. The summed E-state index contributed by atoms with van der Waals surface area (Å²) >= 11 is 6.05. The van der Waals surface area contributed by atoms with Crippen molar-refractivity contribution >= 4 is 17.6 Å². The minimum atomic E-state index is -0.934. The van der Waals surface area contributed by atoms with E-state index in [1.165, 1.54) is 11.1 Å². The van der Waals surface area contributed by atoms with Crippen LogP contribution in [-0.2, 0) is 29.0 Å². The summed E-state index contributed by atoms with van der Waals surface area (Å²) in [4.78, 5) is 10.6. The van der Waals surface area contributed by atoms with Gasteiger partial charge in [0.15, 0.2) is 0 Å². The maximum absolute atomic E-state index is 10.6. The number of carboxylic acids is 1. The zero-order valence-corrected chi connectivity index (χ0v) is 15.3. The number of hydrogen-bond donors (Lipinski definition) is 1. The van der Waals surface area contributed by atoms with E-state index in [-0.39, 0.29) is 12.7 Å². The second kappa shape index (κ2) is 8.43. The number of hydrogen-bond acceptors (Lipinski definition) is 4. The quantitative estimate of drug-likeness (QED) is 0.794. The molecule has 6 heteroatoms. The maximum atomic E-state index is 10.6. The van der Waals surface area contributed by atoms with Crippen LogP contribution in [0, 0.1) is 0 Å². The van der Waals surface area contributed by atoms with Gasteiger partial charge in [-0.3, -0.25) is 0 Å². The molecule has 0 spiro atoms. The molecule has 0 amide bonds. The summed E-state index contributed by atoms with van der Waals surface area (Å²) in [5.41, 5.74) is 3.29. The molecule has 3 rings (SSSR count). The molecule has 1 aliphatic rings. The molecular formula is C20H21ClO5. The Bertz CT molecular complexity index is 790. The average Bonchev–Trinajstić information content (AvgIpc) is 2.64. The fourth-order valence-electron chi connectivity index (χ4n) is 3.14. The Morgan fingerprint density at radius 3 is 2.85 bits per heavy atom. The van der Waals surface area contributed by atoms with Crippen LogP contribution in [0.3, 0.4) is 0 Å². The predicted molar refractivity (Wildman–Crippen MR) is 98.2 cm³/mol. The Morgan fingerprint density at radius 1 is 1.23 bits per heavy atom. The van der Waals surface area contributed by atoms with E-state index in [0.29, 0.717) is 11.6 Å². The van der Waals surface area contributed by atoms with Crippen molar-refractivity contribution in [3.63, 3.8) is 0 Å². The molecule has 2 aromatic carbocycles. The Morgan fingerprint density at radius 2 is 2.08 bits per heavy atom. The van der Waals surface area contributed by atoms with Crippen LogP contribution in [0.4, 0.5) is 0 Å². The van der Waals surface area contributed by atoms with Crippen molar-refractivity contribution in [3.05, 3.63) is 58.1 Å². The number of rotatable bonds is 7. The summed E-state index contributed by atoms with van der Waals surface area (Å²) < 4.78 is 16.7. The smallest absolute Gasteiger partial charge is 0.329 e. The number of aryl methyl sites for hydroxylation is 1. The molecule has 1 atom stereocenters. The van der Waals surface area contributed by atoms with Crippen molar-refractivity contribution in [2.75, 3.05) is 13.7 Å². The van der Waals surface area contributed by atoms with Gasteiger partial charge in [0.25, 0.3) is 0 Å². The lowest BCUT2D eigenvalue weighted by molar-refractivity contribution is -0.144. The van der Waals surface area contributed by atoms with E-state index >= 15 is 0 Å². The first-order valence-corrected chi connectivity index (χ1v) is 8.83. The molecule has 1 aliphatic carbocycles. The Kier molecular flexibility index (Phi) is 6.01. The average molecular weight is 377 g/mol. The lowest BCUT2D eigenvalue weighted by Crippen LogP contribution is -2.25. The molecule has 1 N–H and O–H groups in total. The molecule has 5 nitrogen and oxygen atoms in total. The van der Waals surface area contributed by atoms with E-state index in [2.05, 4.69) is 0 Å². The lowest BCUT2D eigenvalue weighted by atomic mass is 9.89. The van der Waals surface area contributed by atoms with E-state index in [1.54, 1.807) is 13.2 Å². The summed E-state index contributed by atoms with van der Waals surface area (Å²) in [7, 11) is 1.62. The summed E-state index contributed by atoms with van der Waals surface area (Å²) in [5.74, 6) is 0.595. The maximum Gasteiger partial charge on any atom is 0.329 e. The van der Waals surface area contributed by atoms with Crippen molar-refractivity contribution in [2.45, 2.75) is 32.0 Å². The van der Waals surface area contributed by atoms with Gasteiger partial charge in [0.05, 0.1) is 13.2 Å². The van der Waals surface area contributed by atoms with Crippen molar-refractivity contribution < 1.29 is 24.1 Å². The fraction of sp³-hybridized carbons (Fsp3) is 0.350. The van der Waals surface area contributed by atoms with Gasteiger partial charge in [-0.25, -0.2) is 4.79 Å². The van der Waals surface area contributed by atoms with Gasteiger partial charge in [-0.2, -0.15) is 0 Å². The van der Waals surface area contributed by atoms with Crippen LogP contribution in [0.1, 0.15) is 23.1 Å². The molecule has 0 fully saturated rings. The number of carboxylic acid groups (broad SMARTS) is 1. The van der Waals surface area contributed by atoms with Crippen LogP contribution < -0.4 is 9.47 Å². The molecule has 0 saturated carbocycles. The number of fused-ring (bicyclic) bond motifs is 1. The highest BCUT2D eigenvalue weighted by Gasteiger charge is 2.20. The number of carbonyl (C=O) groups is 1. The van der Waals surface area contributed by atoms with Crippen LogP contribution in [-0.4, -0.2) is 30.9 Å². The molecule has 0 saturated heterocycles. The second-order valence-electron chi connectivity index (χ2n) is 6.24. The lowest BCUT2D eigenvalue weighted by Gasteiger charge is -2.24. The first-order chi connectivity index (χ1) is 12.5. The third kappa shape index (κ3) is 4.68. The van der Waals surface area contributed by atoms with E-state index in [4.69, 9.17) is 30.9 Å². The summed E-state index contributed by atoms with van der Waals surface area (Å²) in [6.07, 6.45) is 2.34. The summed E-state index contributed by atoms with van der Waals surface area (Å²) in [6, 6.07) is 11.4. The SMILES string of the molecule is COc1ccc(Cl)cc1COc1ccc2c(c1)CCC(OCC(=O)O)C2. The normalized spacial score (nSPS) is 16.0. The third-order valence-electron chi connectivity index (χ3n) is 4.44. The molecule has 26 heavy (non-hydrogen) atoms. The molecule has 138 valence electrons.